The number of nitrogens with two attached hydrogens (primary N) is 1. The third-order valence-corrected chi connectivity index (χ3v) is 5.88. The van der Waals surface area contributed by atoms with Crippen LogP contribution in [0.1, 0.15) is 27.2 Å². The van der Waals surface area contributed by atoms with Gasteiger partial charge in [0.05, 0.1) is 27.0 Å². The first-order chi connectivity index (χ1) is 15.5. The minimum Gasteiger partial charge on any atom is -0.493 e. The second kappa shape index (κ2) is 8.26. The lowest BCUT2D eigenvalue weighted by atomic mass is 9.68. The van der Waals surface area contributed by atoms with Crippen molar-refractivity contribution in [3.63, 3.8) is 0 Å². The van der Waals surface area contributed by atoms with Gasteiger partial charge in [0.2, 0.25) is 5.75 Å². The number of methoxy groups -OCH3 is 3. The molecule has 0 bridgehead atoms. The molecule has 32 heavy (non-hydrogen) atoms. The Labute approximate surface area is 186 Å². The highest BCUT2D eigenvalue weighted by Crippen LogP contribution is 2.47. The number of nitrogens with zero attached hydrogens (tertiary/aromatic N) is 2. The lowest BCUT2D eigenvalue weighted by Gasteiger charge is -2.35. The van der Waals surface area contributed by atoms with E-state index in [9.17, 15) is 4.79 Å². The number of rotatable bonds is 6. The number of nitrogen functional groups attached to an aromatic ring is 1. The minimum atomic E-state index is -0.632. The van der Waals surface area contributed by atoms with Gasteiger partial charge in [-0.05, 0) is 29.3 Å². The van der Waals surface area contributed by atoms with Gasteiger partial charge in [-0.15, -0.1) is 5.10 Å². The summed E-state index contributed by atoms with van der Waals surface area (Å²) in [5.74, 6) is 1.58. The van der Waals surface area contributed by atoms with E-state index < -0.39 is 5.41 Å². The maximum atomic E-state index is 12.5. The van der Waals surface area contributed by atoms with Crippen LogP contribution in [0.4, 0.5) is 5.82 Å². The van der Waals surface area contributed by atoms with Crippen molar-refractivity contribution in [1.82, 2.24) is 9.78 Å². The maximum absolute atomic E-state index is 12.5. The summed E-state index contributed by atoms with van der Waals surface area (Å²) < 4.78 is 18.1. The molecule has 3 aromatic rings. The third kappa shape index (κ3) is 3.22. The molecule has 0 fully saturated rings. The number of aromatic nitrogens is 2. The number of carbonyl (C=O) groups excluding carboxylic acids is 1. The van der Waals surface area contributed by atoms with Crippen LogP contribution >= 0.6 is 0 Å². The van der Waals surface area contributed by atoms with E-state index in [0.29, 0.717) is 35.2 Å². The Morgan fingerprint density at radius 2 is 1.75 bits per heavy atom. The largest absolute Gasteiger partial charge is 0.493 e. The number of ether oxygens (including phenoxy) is 3. The molecular formula is C25H25N3O4. The highest BCUT2D eigenvalue weighted by molar-refractivity contribution is 5.91. The van der Waals surface area contributed by atoms with Crippen molar-refractivity contribution in [2.24, 2.45) is 0 Å². The topological polar surface area (TPSA) is 88.6 Å². The van der Waals surface area contributed by atoms with Crippen LogP contribution < -0.4 is 19.9 Å². The van der Waals surface area contributed by atoms with Crippen molar-refractivity contribution in [3.05, 3.63) is 83.6 Å². The Bertz CT molecular complexity index is 1190. The fraction of sp³-hybridized carbons (Fsp3) is 0.200. The first-order valence-corrected chi connectivity index (χ1v) is 10.1. The zero-order chi connectivity index (χ0) is 22.9. The summed E-state index contributed by atoms with van der Waals surface area (Å²) >= 11 is 0. The second-order valence-electron chi connectivity index (χ2n) is 7.46. The van der Waals surface area contributed by atoms with Crippen LogP contribution in [0.25, 0.3) is 6.08 Å². The highest BCUT2D eigenvalue weighted by atomic mass is 16.5. The van der Waals surface area contributed by atoms with Crippen LogP contribution in [0.3, 0.4) is 0 Å². The number of benzene rings is 2. The van der Waals surface area contributed by atoms with Crippen LogP contribution in [0.2, 0.25) is 0 Å². The van der Waals surface area contributed by atoms with Gasteiger partial charge in [-0.2, -0.15) is 4.68 Å². The summed E-state index contributed by atoms with van der Waals surface area (Å²) in [4.78, 5) is 12.5. The summed E-state index contributed by atoms with van der Waals surface area (Å²) in [6.45, 7) is 3.60. The number of allylic oxidation sites excluding steroid dienone is 2. The van der Waals surface area contributed by atoms with Gasteiger partial charge in [0.25, 0.3) is 5.91 Å². The molecule has 1 aromatic heterocycles. The molecule has 0 spiro atoms. The van der Waals surface area contributed by atoms with Crippen LogP contribution in [0, 0.1) is 0 Å². The van der Waals surface area contributed by atoms with E-state index in [1.165, 1.54) is 10.8 Å². The number of carbonyl (C=O) groups is 1. The fourth-order valence-corrected chi connectivity index (χ4v) is 4.29. The van der Waals surface area contributed by atoms with E-state index in [4.69, 9.17) is 19.9 Å². The van der Waals surface area contributed by atoms with E-state index in [2.05, 4.69) is 29.9 Å². The van der Waals surface area contributed by atoms with Crippen molar-refractivity contribution in [3.8, 4) is 17.2 Å². The normalized spacial score (nSPS) is 16.8. The number of hydrogen-bond donors (Lipinski definition) is 1. The molecular weight excluding hydrogens is 406 g/mol. The van der Waals surface area contributed by atoms with Crippen molar-refractivity contribution in [2.75, 3.05) is 27.1 Å². The van der Waals surface area contributed by atoms with E-state index in [1.54, 1.807) is 21.3 Å². The molecule has 1 aliphatic carbocycles. The van der Waals surface area contributed by atoms with Crippen molar-refractivity contribution >= 4 is 17.8 Å². The molecule has 0 radical (unpaired) electrons. The van der Waals surface area contributed by atoms with Crippen LogP contribution in [-0.4, -0.2) is 37.0 Å². The molecule has 164 valence electrons. The molecule has 1 unspecified atom stereocenters. The molecule has 7 heteroatoms. The van der Waals surface area contributed by atoms with Gasteiger partial charge in [0.1, 0.15) is 0 Å². The van der Waals surface area contributed by atoms with E-state index in [1.807, 2.05) is 36.4 Å². The quantitative estimate of drug-likeness (QED) is 0.596. The monoisotopic (exact) mass is 431 g/mol. The molecule has 1 heterocycles. The Balaban J connectivity index is 2.00. The first-order valence-electron chi connectivity index (χ1n) is 10.1. The highest BCUT2D eigenvalue weighted by Gasteiger charge is 2.39. The molecule has 0 amide bonds. The zero-order valence-corrected chi connectivity index (χ0v) is 18.3. The van der Waals surface area contributed by atoms with Gasteiger partial charge in [-0.25, -0.2) is 0 Å². The van der Waals surface area contributed by atoms with Gasteiger partial charge < -0.3 is 19.9 Å². The SMILES string of the molecule is C=CC(=O)n1nc(N)c2c1CC(c1ccccc1)(c1cc(OC)c(OC)c(OC)c1)C=C2. The van der Waals surface area contributed by atoms with Gasteiger partial charge in [0, 0.05) is 17.4 Å². The number of anilines is 1. The van der Waals surface area contributed by atoms with Crippen LogP contribution in [0.5, 0.6) is 17.2 Å². The van der Waals surface area contributed by atoms with Gasteiger partial charge in [-0.3, -0.25) is 4.79 Å². The van der Waals surface area contributed by atoms with Crippen molar-refractivity contribution < 1.29 is 19.0 Å². The fourth-order valence-electron chi connectivity index (χ4n) is 4.29. The summed E-state index contributed by atoms with van der Waals surface area (Å²) in [6, 6.07) is 13.9. The number of hydrogen-bond acceptors (Lipinski definition) is 6. The summed E-state index contributed by atoms with van der Waals surface area (Å²) in [7, 11) is 4.75. The Kier molecular flexibility index (Phi) is 5.48. The number of fused-ring (bicyclic) bond motifs is 1. The smallest absolute Gasteiger partial charge is 0.270 e. The van der Waals surface area contributed by atoms with Crippen LogP contribution in [-0.2, 0) is 11.8 Å². The second-order valence-corrected chi connectivity index (χ2v) is 7.46. The molecule has 0 saturated carbocycles. The minimum absolute atomic E-state index is 0.304. The predicted octanol–water partition coefficient (Wildman–Crippen LogP) is 3.87. The molecule has 2 N–H and O–H groups in total. The van der Waals surface area contributed by atoms with Gasteiger partial charge in [0.15, 0.2) is 17.3 Å². The summed E-state index contributed by atoms with van der Waals surface area (Å²) in [6.07, 6.45) is 5.69. The summed E-state index contributed by atoms with van der Waals surface area (Å²) in [5.41, 5.74) is 8.89. The third-order valence-electron chi connectivity index (χ3n) is 5.88. The Morgan fingerprint density at radius 1 is 1.09 bits per heavy atom. The molecule has 4 rings (SSSR count). The van der Waals surface area contributed by atoms with Crippen molar-refractivity contribution in [1.29, 1.82) is 0 Å². The molecule has 0 saturated heterocycles. The zero-order valence-electron chi connectivity index (χ0n) is 18.3. The lowest BCUT2D eigenvalue weighted by Crippen LogP contribution is -2.32. The standard InChI is InChI=1S/C25H25N3O4/c1-5-22(29)28-19-15-25(16-9-7-6-8-10-16,12-11-18(19)24(26)27-28)17-13-20(30-2)23(32-4)21(14-17)31-3/h5-14H,1,15H2,2-4H3,(H2,26,27). The van der Waals surface area contributed by atoms with Gasteiger partial charge in [-0.1, -0.05) is 49.1 Å². The van der Waals surface area contributed by atoms with Crippen LogP contribution in [0.15, 0.2) is 61.2 Å². The molecule has 1 aliphatic rings. The summed E-state index contributed by atoms with van der Waals surface area (Å²) in [5, 5.41) is 4.26. The van der Waals surface area contributed by atoms with Gasteiger partial charge >= 0.3 is 0 Å². The Morgan fingerprint density at radius 3 is 2.31 bits per heavy atom. The predicted molar refractivity (Wildman–Crippen MR) is 124 cm³/mol. The first kappa shape index (κ1) is 21.2. The van der Waals surface area contributed by atoms with Crippen molar-refractivity contribution in [2.45, 2.75) is 11.8 Å². The molecule has 1 atom stereocenters. The lowest BCUT2D eigenvalue weighted by molar-refractivity contribution is 0.0950. The average molecular weight is 431 g/mol. The van der Waals surface area contributed by atoms with E-state index in [-0.39, 0.29) is 5.91 Å². The Hall–Kier alpha value is -4.00. The van der Waals surface area contributed by atoms with E-state index in [0.717, 1.165) is 16.7 Å². The molecule has 2 aromatic carbocycles. The molecule has 7 nitrogen and oxygen atoms in total. The molecule has 0 aliphatic heterocycles. The van der Waals surface area contributed by atoms with E-state index >= 15 is 0 Å². The maximum Gasteiger partial charge on any atom is 0.270 e. The average Bonchev–Trinajstić information content (AvgIpc) is 3.18.